The summed E-state index contributed by atoms with van der Waals surface area (Å²) < 4.78 is 0. The highest BCUT2D eigenvalue weighted by Gasteiger charge is 2.11. The Morgan fingerprint density at radius 2 is 2.00 bits per heavy atom. The number of hydrogen-bond donors (Lipinski definition) is 3. The first-order valence-electron chi connectivity index (χ1n) is 6.38. The van der Waals surface area contributed by atoms with Crippen LogP contribution in [0.25, 0.3) is 0 Å². The summed E-state index contributed by atoms with van der Waals surface area (Å²) in [6.45, 7) is 5.62. The molecule has 0 radical (unpaired) electrons. The molecule has 4 nitrogen and oxygen atoms in total. The second kappa shape index (κ2) is 7.84. The molecule has 1 aromatic carbocycles. The zero-order chi connectivity index (χ0) is 13.4. The van der Waals surface area contributed by atoms with E-state index in [0.29, 0.717) is 13.0 Å². The van der Waals surface area contributed by atoms with Crippen molar-refractivity contribution in [2.45, 2.75) is 20.3 Å². The van der Waals surface area contributed by atoms with Crippen LogP contribution in [-0.4, -0.2) is 30.7 Å². The highest BCUT2D eigenvalue weighted by atomic mass is 16.2. The minimum absolute atomic E-state index is 0.0193. The Morgan fingerprint density at radius 1 is 1.33 bits per heavy atom. The fraction of sp³-hybridized carbons (Fsp3) is 0.500. The van der Waals surface area contributed by atoms with Crippen molar-refractivity contribution >= 4 is 11.6 Å². The standard InChI is InChI=1S/C14H22N2O2/c1-3-15-10-11(2)14(18)16-13-6-4-12(5-7-13)8-9-17/h4-7,11,15,17H,3,8-10H2,1-2H3,(H,16,18). The summed E-state index contributed by atoms with van der Waals surface area (Å²) >= 11 is 0. The molecule has 0 saturated carbocycles. The molecule has 18 heavy (non-hydrogen) atoms. The first-order valence-corrected chi connectivity index (χ1v) is 6.38. The summed E-state index contributed by atoms with van der Waals surface area (Å²) in [6, 6.07) is 7.56. The number of anilines is 1. The number of benzene rings is 1. The quantitative estimate of drug-likeness (QED) is 0.685. The first-order chi connectivity index (χ1) is 8.67. The van der Waals surface area contributed by atoms with Gasteiger partial charge in [-0.15, -0.1) is 0 Å². The molecule has 0 fully saturated rings. The lowest BCUT2D eigenvalue weighted by Crippen LogP contribution is -2.30. The van der Waals surface area contributed by atoms with Crippen molar-refractivity contribution in [1.82, 2.24) is 5.32 Å². The topological polar surface area (TPSA) is 61.4 Å². The largest absolute Gasteiger partial charge is 0.396 e. The van der Waals surface area contributed by atoms with Crippen LogP contribution in [0.4, 0.5) is 5.69 Å². The molecule has 0 aliphatic rings. The highest BCUT2D eigenvalue weighted by Crippen LogP contribution is 2.11. The normalized spacial score (nSPS) is 12.2. The number of hydrogen-bond acceptors (Lipinski definition) is 3. The Kier molecular flexibility index (Phi) is 6.39. The van der Waals surface area contributed by atoms with Gasteiger partial charge in [-0.2, -0.15) is 0 Å². The number of amides is 1. The number of rotatable bonds is 7. The fourth-order valence-electron chi connectivity index (χ4n) is 1.60. The van der Waals surface area contributed by atoms with Gasteiger partial charge in [0.2, 0.25) is 5.91 Å². The van der Waals surface area contributed by atoms with Gasteiger partial charge >= 0.3 is 0 Å². The van der Waals surface area contributed by atoms with Gasteiger partial charge in [0.1, 0.15) is 0 Å². The van der Waals surface area contributed by atoms with Crippen LogP contribution in [0.5, 0.6) is 0 Å². The van der Waals surface area contributed by atoms with Crippen molar-refractivity contribution in [2.24, 2.45) is 5.92 Å². The number of carbonyl (C=O) groups excluding carboxylic acids is 1. The van der Waals surface area contributed by atoms with Gasteiger partial charge in [-0.1, -0.05) is 26.0 Å². The van der Waals surface area contributed by atoms with E-state index in [-0.39, 0.29) is 18.4 Å². The summed E-state index contributed by atoms with van der Waals surface area (Å²) in [6.07, 6.45) is 0.644. The van der Waals surface area contributed by atoms with Crippen LogP contribution in [0.3, 0.4) is 0 Å². The van der Waals surface area contributed by atoms with Crippen LogP contribution in [0, 0.1) is 5.92 Å². The third-order valence-electron chi connectivity index (χ3n) is 2.77. The average Bonchev–Trinajstić information content (AvgIpc) is 2.38. The van der Waals surface area contributed by atoms with E-state index in [9.17, 15) is 4.79 Å². The first kappa shape index (κ1) is 14.7. The molecule has 0 spiro atoms. The third-order valence-corrected chi connectivity index (χ3v) is 2.77. The monoisotopic (exact) mass is 250 g/mol. The molecule has 1 aromatic rings. The van der Waals surface area contributed by atoms with Crippen LogP contribution < -0.4 is 10.6 Å². The molecule has 0 aliphatic carbocycles. The van der Waals surface area contributed by atoms with Gasteiger partial charge in [0.25, 0.3) is 0 Å². The number of nitrogens with one attached hydrogen (secondary N) is 2. The zero-order valence-corrected chi connectivity index (χ0v) is 11.1. The summed E-state index contributed by atoms with van der Waals surface area (Å²) in [7, 11) is 0. The predicted octanol–water partition coefficient (Wildman–Crippen LogP) is 1.41. The van der Waals surface area contributed by atoms with Crippen LogP contribution >= 0.6 is 0 Å². The lowest BCUT2D eigenvalue weighted by Gasteiger charge is -2.12. The van der Waals surface area contributed by atoms with Crippen molar-refractivity contribution in [2.75, 3.05) is 25.0 Å². The molecule has 0 aliphatic heterocycles. The van der Waals surface area contributed by atoms with Gasteiger partial charge in [0.15, 0.2) is 0 Å². The Bertz CT molecular complexity index is 363. The van der Waals surface area contributed by atoms with E-state index in [1.165, 1.54) is 0 Å². The molecule has 0 aromatic heterocycles. The highest BCUT2D eigenvalue weighted by molar-refractivity contribution is 5.92. The molecule has 1 atom stereocenters. The van der Waals surface area contributed by atoms with Gasteiger partial charge in [-0.05, 0) is 30.7 Å². The summed E-state index contributed by atoms with van der Waals surface area (Å²) in [5.41, 5.74) is 1.86. The molecule has 1 unspecified atom stereocenters. The van der Waals surface area contributed by atoms with Crippen molar-refractivity contribution < 1.29 is 9.90 Å². The van der Waals surface area contributed by atoms with Gasteiger partial charge < -0.3 is 15.7 Å². The molecule has 3 N–H and O–H groups in total. The maximum absolute atomic E-state index is 11.8. The smallest absolute Gasteiger partial charge is 0.228 e. The summed E-state index contributed by atoms with van der Waals surface area (Å²) in [5, 5.41) is 14.8. The van der Waals surface area contributed by atoms with E-state index in [4.69, 9.17) is 5.11 Å². The maximum Gasteiger partial charge on any atom is 0.228 e. The molecule has 0 heterocycles. The van der Waals surface area contributed by atoms with E-state index in [1.807, 2.05) is 38.1 Å². The maximum atomic E-state index is 11.8. The van der Waals surface area contributed by atoms with Crippen molar-refractivity contribution in [3.63, 3.8) is 0 Å². The number of aliphatic hydroxyl groups is 1. The van der Waals surface area contributed by atoms with Gasteiger partial charge in [-0.3, -0.25) is 4.79 Å². The van der Waals surface area contributed by atoms with E-state index in [2.05, 4.69) is 10.6 Å². The van der Waals surface area contributed by atoms with Gasteiger partial charge in [0.05, 0.1) is 0 Å². The Hall–Kier alpha value is -1.39. The van der Waals surface area contributed by atoms with E-state index >= 15 is 0 Å². The van der Waals surface area contributed by atoms with Crippen LogP contribution in [-0.2, 0) is 11.2 Å². The molecular weight excluding hydrogens is 228 g/mol. The molecule has 0 saturated heterocycles. The number of aliphatic hydroxyl groups excluding tert-OH is 1. The van der Waals surface area contributed by atoms with Gasteiger partial charge in [-0.25, -0.2) is 0 Å². The second-order valence-electron chi connectivity index (χ2n) is 4.37. The molecular formula is C14H22N2O2. The molecule has 0 bridgehead atoms. The number of carbonyl (C=O) groups is 1. The molecule has 4 heteroatoms. The lowest BCUT2D eigenvalue weighted by molar-refractivity contribution is -0.119. The van der Waals surface area contributed by atoms with Gasteiger partial charge in [0, 0.05) is 24.8 Å². The van der Waals surface area contributed by atoms with Crippen molar-refractivity contribution in [3.8, 4) is 0 Å². The molecule has 1 rings (SSSR count). The van der Waals surface area contributed by atoms with E-state index in [1.54, 1.807) is 0 Å². The Labute approximate surface area is 108 Å². The summed E-state index contributed by atoms with van der Waals surface area (Å²) in [4.78, 5) is 11.8. The Morgan fingerprint density at radius 3 is 2.56 bits per heavy atom. The minimum Gasteiger partial charge on any atom is -0.396 e. The minimum atomic E-state index is -0.0536. The molecule has 1 amide bonds. The average molecular weight is 250 g/mol. The molecule has 100 valence electrons. The van der Waals surface area contributed by atoms with Crippen molar-refractivity contribution in [1.29, 1.82) is 0 Å². The zero-order valence-electron chi connectivity index (χ0n) is 11.1. The lowest BCUT2D eigenvalue weighted by atomic mass is 10.1. The van der Waals surface area contributed by atoms with Crippen LogP contribution in [0.2, 0.25) is 0 Å². The van der Waals surface area contributed by atoms with E-state index < -0.39 is 0 Å². The second-order valence-corrected chi connectivity index (χ2v) is 4.37. The van der Waals surface area contributed by atoms with Crippen LogP contribution in [0.15, 0.2) is 24.3 Å². The third kappa shape index (κ3) is 4.85. The van der Waals surface area contributed by atoms with Crippen molar-refractivity contribution in [3.05, 3.63) is 29.8 Å². The summed E-state index contributed by atoms with van der Waals surface area (Å²) in [5.74, 6) is -0.0343. The fourth-order valence-corrected chi connectivity index (χ4v) is 1.60. The SMILES string of the molecule is CCNCC(C)C(=O)Nc1ccc(CCO)cc1. The Balaban J connectivity index is 2.48. The van der Waals surface area contributed by atoms with E-state index in [0.717, 1.165) is 17.8 Å². The van der Waals surface area contributed by atoms with Crippen LogP contribution in [0.1, 0.15) is 19.4 Å². The predicted molar refractivity (Wildman–Crippen MR) is 73.6 cm³/mol.